The van der Waals surface area contributed by atoms with Gasteiger partial charge in [-0.2, -0.15) is 0 Å². The monoisotopic (exact) mass is 232 g/mol. The Bertz CT molecular complexity index is 538. The number of rotatable bonds is 1. The second-order valence-corrected chi connectivity index (χ2v) is 4.74. The topological polar surface area (TPSA) is 72.3 Å². The Morgan fingerprint density at radius 2 is 2.18 bits per heavy atom. The molecule has 6 heteroatoms. The van der Waals surface area contributed by atoms with E-state index in [1.54, 1.807) is 6.20 Å². The van der Waals surface area contributed by atoms with Gasteiger partial charge >= 0.3 is 0 Å². The van der Waals surface area contributed by atoms with Gasteiger partial charge in [0.2, 0.25) is 5.65 Å². The van der Waals surface area contributed by atoms with Crippen LogP contribution in [0.15, 0.2) is 12.4 Å². The van der Waals surface area contributed by atoms with E-state index >= 15 is 0 Å². The van der Waals surface area contributed by atoms with Crippen LogP contribution in [0.1, 0.15) is 12.7 Å². The Morgan fingerprint density at radius 3 is 2.88 bits per heavy atom. The van der Waals surface area contributed by atoms with E-state index in [9.17, 15) is 0 Å². The highest BCUT2D eigenvalue weighted by Crippen LogP contribution is 2.24. The van der Waals surface area contributed by atoms with E-state index in [1.165, 1.54) is 0 Å². The molecule has 6 nitrogen and oxygen atoms in total. The van der Waals surface area contributed by atoms with Gasteiger partial charge in [0.15, 0.2) is 5.82 Å². The van der Waals surface area contributed by atoms with Crippen molar-refractivity contribution in [2.75, 3.05) is 18.0 Å². The zero-order chi connectivity index (χ0) is 12.0. The first-order valence-electron chi connectivity index (χ1n) is 5.83. The Labute approximate surface area is 99.5 Å². The van der Waals surface area contributed by atoms with Crippen LogP contribution in [0.5, 0.6) is 0 Å². The summed E-state index contributed by atoms with van der Waals surface area (Å²) in [6, 6.07) is 0.209. The summed E-state index contributed by atoms with van der Waals surface area (Å²) in [4.78, 5) is 6.61. The van der Waals surface area contributed by atoms with E-state index in [0.717, 1.165) is 30.4 Å². The molecule has 90 valence electrons. The van der Waals surface area contributed by atoms with Gasteiger partial charge in [0, 0.05) is 31.5 Å². The van der Waals surface area contributed by atoms with Crippen molar-refractivity contribution in [1.82, 2.24) is 19.6 Å². The summed E-state index contributed by atoms with van der Waals surface area (Å²) in [5.41, 5.74) is 6.85. The van der Waals surface area contributed by atoms with Crippen molar-refractivity contribution in [2.45, 2.75) is 19.9 Å². The summed E-state index contributed by atoms with van der Waals surface area (Å²) in [5.74, 6) is 2.24. The van der Waals surface area contributed by atoms with E-state index in [4.69, 9.17) is 5.73 Å². The largest absolute Gasteiger partial charge is 0.352 e. The van der Waals surface area contributed by atoms with Crippen LogP contribution in [0, 0.1) is 12.8 Å². The summed E-state index contributed by atoms with van der Waals surface area (Å²) in [6.45, 7) is 5.86. The van der Waals surface area contributed by atoms with Crippen LogP contribution in [0.25, 0.3) is 5.65 Å². The molecule has 1 saturated heterocycles. The predicted octanol–water partition coefficient (Wildman–Crippen LogP) is 0.216. The van der Waals surface area contributed by atoms with E-state index in [1.807, 2.05) is 17.5 Å². The van der Waals surface area contributed by atoms with Gasteiger partial charge in [0.05, 0.1) is 0 Å². The first kappa shape index (κ1) is 10.5. The highest BCUT2D eigenvalue weighted by molar-refractivity contribution is 5.64. The number of nitrogens with two attached hydrogens (primary N) is 1. The molecule has 0 radical (unpaired) electrons. The minimum absolute atomic E-state index is 0.209. The second kappa shape index (κ2) is 3.66. The van der Waals surface area contributed by atoms with Gasteiger partial charge in [-0.3, -0.25) is 4.40 Å². The number of fused-ring (bicyclic) bond motifs is 1. The lowest BCUT2D eigenvalue weighted by atomic mass is 10.1. The minimum atomic E-state index is 0.209. The van der Waals surface area contributed by atoms with Gasteiger partial charge in [-0.15, -0.1) is 10.2 Å². The standard InChI is InChI=1S/C11H16N6/c1-7-5-16(6-9(7)12)10-11-15-14-8(2)17(11)4-3-13-10/h3-4,7,9H,5-6,12H2,1-2H3. The molecule has 0 aliphatic carbocycles. The summed E-state index contributed by atoms with van der Waals surface area (Å²) in [7, 11) is 0. The molecule has 17 heavy (non-hydrogen) atoms. The molecule has 2 aromatic rings. The molecule has 0 bridgehead atoms. The summed E-state index contributed by atoms with van der Waals surface area (Å²) in [6.07, 6.45) is 3.67. The number of hydrogen-bond acceptors (Lipinski definition) is 5. The van der Waals surface area contributed by atoms with Crippen molar-refractivity contribution in [1.29, 1.82) is 0 Å². The molecule has 0 aromatic carbocycles. The third-order valence-corrected chi connectivity index (χ3v) is 3.45. The van der Waals surface area contributed by atoms with Gasteiger partial charge in [0.25, 0.3) is 0 Å². The number of hydrogen-bond donors (Lipinski definition) is 1. The lowest BCUT2D eigenvalue weighted by molar-refractivity contribution is 0.566. The number of aromatic nitrogens is 4. The Hall–Kier alpha value is -1.69. The zero-order valence-corrected chi connectivity index (χ0v) is 10.0. The molecule has 3 heterocycles. The quantitative estimate of drug-likeness (QED) is 0.761. The first-order valence-corrected chi connectivity index (χ1v) is 5.83. The second-order valence-electron chi connectivity index (χ2n) is 4.74. The van der Waals surface area contributed by atoms with Crippen molar-refractivity contribution in [3.63, 3.8) is 0 Å². The smallest absolute Gasteiger partial charge is 0.203 e. The molecular weight excluding hydrogens is 216 g/mol. The molecule has 1 aliphatic rings. The maximum absolute atomic E-state index is 6.04. The minimum Gasteiger partial charge on any atom is -0.352 e. The SMILES string of the molecule is Cc1nnc2c(N3CC(C)C(N)C3)nccn12. The molecule has 3 rings (SSSR count). The molecule has 1 fully saturated rings. The van der Waals surface area contributed by atoms with Gasteiger partial charge in [-0.1, -0.05) is 6.92 Å². The van der Waals surface area contributed by atoms with Gasteiger partial charge in [-0.25, -0.2) is 4.98 Å². The van der Waals surface area contributed by atoms with Crippen LogP contribution in [0.3, 0.4) is 0 Å². The normalized spacial score (nSPS) is 24.8. The molecule has 0 spiro atoms. The van der Waals surface area contributed by atoms with Crippen molar-refractivity contribution in [3.8, 4) is 0 Å². The fourth-order valence-electron chi connectivity index (χ4n) is 2.32. The molecule has 2 atom stereocenters. The van der Waals surface area contributed by atoms with Crippen LogP contribution in [-0.2, 0) is 0 Å². The van der Waals surface area contributed by atoms with Crippen LogP contribution in [0.4, 0.5) is 5.82 Å². The van der Waals surface area contributed by atoms with E-state index in [0.29, 0.717) is 5.92 Å². The number of aryl methyl sites for hydroxylation is 1. The average Bonchev–Trinajstić information content (AvgIpc) is 2.84. The van der Waals surface area contributed by atoms with E-state index < -0.39 is 0 Å². The maximum Gasteiger partial charge on any atom is 0.203 e. The molecule has 2 N–H and O–H groups in total. The lowest BCUT2D eigenvalue weighted by Gasteiger charge is -2.16. The van der Waals surface area contributed by atoms with Gasteiger partial charge in [0.1, 0.15) is 5.82 Å². The third kappa shape index (κ3) is 1.56. The molecule has 2 unspecified atom stereocenters. The van der Waals surface area contributed by atoms with Crippen LogP contribution in [-0.4, -0.2) is 38.7 Å². The zero-order valence-electron chi connectivity index (χ0n) is 10.0. The average molecular weight is 232 g/mol. The van der Waals surface area contributed by atoms with E-state index in [2.05, 4.69) is 27.0 Å². The maximum atomic E-state index is 6.04. The number of nitrogens with zero attached hydrogens (tertiary/aromatic N) is 5. The fraction of sp³-hybridized carbons (Fsp3) is 0.545. The molecule has 0 saturated carbocycles. The number of anilines is 1. The van der Waals surface area contributed by atoms with Crippen LogP contribution in [0.2, 0.25) is 0 Å². The third-order valence-electron chi connectivity index (χ3n) is 3.45. The fourth-order valence-corrected chi connectivity index (χ4v) is 2.32. The van der Waals surface area contributed by atoms with Crippen molar-refractivity contribution < 1.29 is 0 Å². The van der Waals surface area contributed by atoms with Crippen molar-refractivity contribution in [2.24, 2.45) is 11.7 Å². The predicted molar refractivity (Wildman–Crippen MR) is 64.9 cm³/mol. The molecular formula is C11H16N6. The van der Waals surface area contributed by atoms with Crippen LogP contribution < -0.4 is 10.6 Å². The molecule has 1 aliphatic heterocycles. The highest BCUT2D eigenvalue weighted by atomic mass is 15.3. The van der Waals surface area contributed by atoms with E-state index in [-0.39, 0.29) is 6.04 Å². The summed E-state index contributed by atoms with van der Waals surface area (Å²) < 4.78 is 1.96. The lowest BCUT2D eigenvalue weighted by Crippen LogP contribution is -2.29. The summed E-state index contributed by atoms with van der Waals surface area (Å²) in [5, 5.41) is 8.26. The van der Waals surface area contributed by atoms with Gasteiger partial charge in [-0.05, 0) is 12.8 Å². The van der Waals surface area contributed by atoms with Crippen molar-refractivity contribution in [3.05, 3.63) is 18.2 Å². The Morgan fingerprint density at radius 1 is 1.35 bits per heavy atom. The van der Waals surface area contributed by atoms with Crippen molar-refractivity contribution >= 4 is 11.5 Å². The highest BCUT2D eigenvalue weighted by Gasteiger charge is 2.29. The first-order chi connectivity index (χ1) is 8.16. The Kier molecular flexibility index (Phi) is 2.25. The van der Waals surface area contributed by atoms with Crippen LogP contribution >= 0.6 is 0 Å². The Balaban J connectivity index is 2.06. The van der Waals surface area contributed by atoms with Gasteiger partial charge < -0.3 is 10.6 Å². The molecule has 0 amide bonds. The summed E-state index contributed by atoms with van der Waals surface area (Å²) >= 11 is 0. The molecule has 2 aromatic heterocycles.